The van der Waals surface area contributed by atoms with E-state index in [0.717, 1.165) is 0 Å². The van der Waals surface area contributed by atoms with E-state index in [0.29, 0.717) is 36.2 Å². The van der Waals surface area contributed by atoms with Gasteiger partial charge in [-0.3, -0.25) is 9.59 Å². The van der Waals surface area contributed by atoms with Gasteiger partial charge in [0.15, 0.2) is 0 Å². The van der Waals surface area contributed by atoms with Crippen LogP contribution in [0.25, 0.3) is 0 Å². The number of anilines is 1. The number of sulfonamides is 1. The zero-order valence-corrected chi connectivity index (χ0v) is 18.0. The van der Waals surface area contributed by atoms with Crippen molar-refractivity contribution in [1.29, 1.82) is 5.26 Å². The van der Waals surface area contributed by atoms with Crippen molar-refractivity contribution in [3.05, 3.63) is 59.7 Å². The van der Waals surface area contributed by atoms with Crippen molar-refractivity contribution in [1.82, 2.24) is 9.62 Å². The van der Waals surface area contributed by atoms with Crippen molar-refractivity contribution in [2.75, 3.05) is 25.0 Å². The van der Waals surface area contributed by atoms with Crippen LogP contribution in [0.5, 0.6) is 0 Å². The molecule has 0 radical (unpaired) electrons. The van der Waals surface area contributed by atoms with E-state index >= 15 is 0 Å². The zero-order valence-electron chi connectivity index (χ0n) is 17.2. The second-order valence-corrected chi connectivity index (χ2v) is 9.18. The van der Waals surface area contributed by atoms with Gasteiger partial charge in [0, 0.05) is 36.8 Å². The number of nitrogens with zero attached hydrogens (tertiary/aromatic N) is 2. The van der Waals surface area contributed by atoms with Crippen LogP contribution in [0.1, 0.15) is 35.7 Å². The van der Waals surface area contributed by atoms with Gasteiger partial charge < -0.3 is 10.6 Å². The molecule has 0 bridgehead atoms. The average molecular weight is 441 g/mol. The predicted octanol–water partition coefficient (Wildman–Crippen LogP) is 2.35. The molecule has 0 spiro atoms. The number of carbonyl (C=O) groups excluding carboxylic acids is 2. The largest absolute Gasteiger partial charge is 0.352 e. The van der Waals surface area contributed by atoms with Crippen LogP contribution in [0.4, 0.5) is 5.69 Å². The fourth-order valence-corrected chi connectivity index (χ4v) is 4.92. The number of rotatable bonds is 6. The number of nitrogens with one attached hydrogen (secondary N) is 2. The van der Waals surface area contributed by atoms with Crippen LogP contribution in [0, 0.1) is 17.2 Å². The second kappa shape index (κ2) is 9.73. The zero-order chi connectivity index (χ0) is 22.4. The van der Waals surface area contributed by atoms with Gasteiger partial charge in [-0.2, -0.15) is 9.57 Å². The molecular formula is C22H24N4O4S. The number of hydrogen-bond acceptors (Lipinski definition) is 5. The van der Waals surface area contributed by atoms with E-state index in [4.69, 9.17) is 5.26 Å². The molecule has 2 aromatic rings. The quantitative estimate of drug-likeness (QED) is 0.715. The van der Waals surface area contributed by atoms with Crippen LogP contribution in [-0.2, 0) is 14.8 Å². The summed E-state index contributed by atoms with van der Waals surface area (Å²) >= 11 is 0. The molecule has 162 valence electrons. The number of piperidine rings is 1. The summed E-state index contributed by atoms with van der Waals surface area (Å²) < 4.78 is 27.0. The third-order valence-corrected chi connectivity index (χ3v) is 7.09. The van der Waals surface area contributed by atoms with Gasteiger partial charge in [0.05, 0.1) is 16.5 Å². The van der Waals surface area contributed by atoms with Gasteiger partial charge in [-0.25, -0.2) is 8.42 Å². The minimum Gasteiger partial charge on any atom is -0.352 e. The highest BCUT2D eigenvalue weighted by molar-refractivity contribution is 7.89. The average Bonchev–Trinajstić information content (AvgIpc) is 2.79. The molecule has 1 aliphatic rings. The molecule has 1 fully saturated rings. The summed E-state index contributed by atoms with van der Waals surface area (Å²) in [6.07, 6.45) is 0.800. The van der Waals surface area contributed by atoms with Gasteiger partial charge in [-0.15, -0.1) is 0 Å². The van der Waals surface area contributed by atoms with Crippen molar-refractivity contribution >= 4 is 27.5 Å². The summed E-state index contributed by atoms with van der Waals surface area (Å²) in [6.45, 7) is 2.82. The highest BCUT2D eigenvalue weighted by atomic mass is 32.2. The Labute approximate surface area is 181 Å². The molecule has 0 unspecified atom stereocenters. The molecule has 9 heteroatoms. The molecule has 2 aromatic carbocycles. The fourth-order valence-electron chi connectivity index (χ4n) is 3.45. The first-order chi connectivity index (χ1) is 14.8. The summed E-state index contributed by atoms with van der Waals surface area (Å²) in [5, 5.41) is 14.4. The summed E-state index contributed by atoms with van der Waals surface area (Å²) in [4.78, 5) is 24.8. The Balaban J connectivity index is 1.60. The summed E-state index contributed by atoms with van der Waals surface area (Å²) in [6, 6.07) is 14.5. The van der Waals surface area contributed by atoms with Crippen molar-refractivity contribution in [3.63, 3.8) is 0 Å². The Morgan fingerprint density at radius 1 is 1.13 bits per heavy atom. The van der Waals surface area contributed by atoms with E-state index in [1.54, 1.807) is 24.3 Å². The third kappa shape index (κ3) is 5.29. The molecule has 3 rings (SSSR count). The molecule has 1 saturated heterocycles. The van der Waals surface area contributed by atoms with Crippen molar-refractivity contribution in [3.8, 4) is 6.07 Å². The van der Waals surface area contributed by atoms with Crippen LogP contribution in [0.3, 0.4) is 0 Å². The third-order valence-electron chi connectivity index (χ3n) is 5.18. The van der Waals surface area contributed by atoms with Crippen molar-refractivity contribution in [2.45, 2.75) is 24.7 Å². The predicted molar refractivity (Wildman–Crippen MR) is 116 cm³/mol. The molecule has 31 heavy (non-hydrogen) atoms. The number of carbonyl (C=O) groups is 2. The lowest BCUT2D eigenvalue weighted by atomic mass is 9.97. The van der Waals surface area contributed by atoms with Gasteiger partial charge in [-0.05, 0) is 62.2 Å². The van der Waals surface area contributed by atoms with Gasteiger partial charge in [0.25, 0.3) is 5.91 Å². The normalized spacial score (nSPS) is 15.1. The van der Waals surface area contributed by atoms with Gasteiger partial charge in [-0.1, -0.05) is 6.07 Å². The number of nitriles is 1. The molecule has 0 atom stereocenters. The molecular weight excluding hydrogens is 416 g/mol. The molecule has 1 heterocycles. The van der Waals surface area contributed by atoms with Crippen LogP contribution < -0.4 is 10.6 Å². The number of amides is 2. The Bertz CT molecular complexity index is 1100. The van der Waals surface area contributed by atoms with Crippen LogP contribution in [0.15, 0.2) is 53.4 Å². The standard InChI is InChI=1S/C22H24N4O4S/c1-2-24-21(27)18-4-3-5-19(14-18)25-22(28)17-10-12-26(13-11-17)31(29,30)20-8-6-16(15-23)7-9-20/h3-9,14,17H,2,10-13H2,1H3,(H,24,27)(H,25,28). The van der Waals surface area contributed by atoms with E-state index < -0.39 is 10.0 Å². The maximum Gasteiger partial charge on any atom is 0.251 e. The summed E-state index contributed by atoms with van der Waals surface area (Å²) in [5.41, 5.74) is 1.38. The smallest absolute Gasteiger partial charge is 0.251 e. The second-order valence-electron chi connectivity index (χ2n) is 7.24. The first-order valence-electron chi connectivity index (χ1n) is 10.0. The molecule has 0 saturated carbocycles. The molecule has 2 amide bonds. The van der Waals surface area contributed by atoms with Crippen molar-refractivity contribution in [2.24, 2.45) is 5.92 Å². The molecule has 2 N–H and O–H groups in total. The highest BCUT2D eigenvalue weighted by Crippen LogP contribution is 2.25. The van der Waals surface area contributed by atoms with Crippen molar-refractivity contribution < 1.29 is 18.0 Å². The molecule has 8 nitrogen and oxygen atoms in total. The SMILES string of the molecule is CCNC(=O)c1cccc(NC(=O)C2CCN(S(=O)(=O)c3ccc(C#N)cc3)CC2)c1. The minimum absolute atomic E-state index is 0.136. The van der Waals surface area contributed by atoms with E-state index in [-0.39, 0.29) is 35.7 Å². The van der Waals surface area contributed by atoms with Gasteiger partial charge >= 0.3 is 0 Å². The van der Waals surface area contributed by atoms with E-state index in [2.05, 4.69) is 10.6 Å². The minimum atomic E-state index is -3.67. The lowest BCUT2D eigenvalue weighted by molar-refractivity contribution is -0.120. The lowest BCUT2D eigenvalue weighted by Crippen LogP contribution is -2.41. The summed E-state index contributed by atoms with van der Waals surface area (Å²) in [5.74, 6) is -0.719. The Morgan fingerprint density at radius 3 is 2.42 bits per heavy atom. The van der Waals surface area contributed by atoms with Crippen LogP contribution in [-0.4, -0.2) is 44.2 Å². The van der Waals surface area contributed by atoms with Crippen LogP contribution in [0.2, 0.25) is 0 Å². The Kier molecular flexibility index (Phi) is 7.05. The van der Waals surface area contributed by atoms with Crippen LogP contribution >= 0.6 is 0 Å². The van der Waals surface area contributed by atoms with Gasteiger partial charge in [0.2, 0.25) is 15.9 Å². The first kappa shape index (κ1) is 22.5. The summed E-state index contributed by atoms with van der Waals surface area (Å²) in [7, 11) is -3.67. The Hall–Kier alpha value is -3.22. The number of hydrogen-bond donors (Lipinski definition) is 2. The van der Waals surface area contributed by atoms with Gasteiger partial charge in [0.1, 0.15) is 0 Å². The van der Waals surface area contributed by atoms with E-state index in [1.807, 2.05) is 13.0 Å². The maximum absolute atomic E-state index is 12.8. The molecule has 1 aliphatic heterocycles. The fraction of sp³-hybridized carbons (Fsp3) is 0.318. The molecule has 0 aliphatic carbocycles. The Morgan fingerprint density at radius 2 is 1.81 bits per heavy atom. The maximum atomic E-state index is 12.8. The lowest BCUT2D eigenvalue weighted by Gasteiger charge is -2.30. The highest BCUT2D eigenvalue weighted by Gasteiger charge is 2.32. The van der Waals surface area contributed by atoms with E-state index in [9.17, 15) is 18.0 Å². The molecule has 0 aromatic heterocycles. The number of benzene rings is 2. The van der Waals surface area contributed by atoms with E-state index in [1.165, 1.54) is 28.6 Å². The monoisotopic (exact) mass is 440 g/mol. The topological polar surface area (TPSA) is 119 Å². The first-order valence-corrected chi connectivity index (χ1v) is 11.5.